The third-order valence-electron chi connectivity index (χ3n) is 5.05. The fraction of sp³-hybridized carbons (Fsp3) is 0.381. The average Bonchev–Trinajstić information content (AvgIpc) is 2.70. The molecule has 1 aliphatic heterocycles. The number of amides is 1. The van der Waals surface area contributed by atoms with Gasteiger partial charge in [0.1, 0.15) is 5.75 Å². The Labute approximate surface area is 166 Å². The number of carbonyl (C=O) groups excluding carboxylic acids is 1. The maximum Gasteiger partial charge on any atom is 0.251 e. The number of aryl methyl sites for hydroxylation is 1. The van der Waals surface area contributed by atoms with Gasteiger partial charge in [0.2, 0.25) is 10.0 Å². The Morgan fingerprint density at radius 2 is 1.93 bits per heavy atom. The number of nitrogens with zero attached hydrogens (tertiary/aromatic N) is 1. The first-order valence-corrected chi connectivity index (χ1v) is 11.2. The van der Waals surface area contributed by atoms with E-state index in [-0.39, 0.29) is 11.9 Å². The number of sulfonamides is 1. The van der Waals surface area contributed by atoms with Crippen molar-refractivity contribution in [3.05, 3.63) is 59.2 Å². The van der Waals surface area contributed by atoms with Gasteiger partial charge in [-0.05, 0) is 60.7 Å². The molecule has 0 spiro atoms. The number of hydrogen-bond donors (Lipinski definition) is 1. The Bertz CT molecular complexity index is 955. The first-order valence-electron chi connectivity index (χ1n) is 9.39. The fourth-order valence-electron chi connectivity index (χ4n) is 3.55. The van der Waals surface area contributed by atoms with E-state index >= 15 is 0 Å². The van der Waals surface area contributed by atoms with Gasteiger partial charge in [0.15, 0.2) is 0 Å². The maximum absolute atomic E-state index is 12.8. The van der Waals surface area contributed by atoms with E-state index in [1.807, 2.05) is 37.3 Å². The van der Waals surface area contributed by atoms with Gasteiger partial charge in [-0.15, -0.1) is 0 Å². The normalized spacial score (nSPS) is 14.9. The van der Waals surface area contributed by atoms with Crippen molar-refractivity contribution in [3.63, 3.8) is 0 Å². The van der Waals surface area contributed by atoms with E-state index in [4.69, 9.17) is 4.74 Å². The summed E-state index contributed by atoms with van der Waals surface area (Å²) >= 11 is 0. The molecule has 1 atom stereocenters. The lowest BCUT2D eigenvalue weighted by Gasteiger charge is -2.29. The van der Waals surface area contributed by atoms with Crippen LogP contribution in [-0.4, -0.2) is 34.2 Å². The predicted molar refractivity (Wildman–Crippen MR) is 110 cm³/mol. The molecule has 1 unspecified atom stereocenters. The molecule has 1 heterocycles. The molecule has 6 nitrogen and oxygen atoms in total. The summed E-state index contributed by atoms with van der Waals surface area (Å²) in [6.07, 6.45) is 3.47. The smallest absolute Gasteiger partial charge is 0.251 e. The number of benzene rings is 2. The van der Waals surface area contributed by atoms with Crippen LogP contribution in [0.4, 0.5) is 5.69 Å². The highest BCUT2D eigenvalue weighted by Crippen LogP contribution is 2.30. The van der Waals surface area contributed by atoms with E-state index in [1.165, 1.54) is 10.6 Å². The molecule has 0 aromatic heterocycles. The van der Waals surface area contributed by atoms with Crippen LogP contribution in [0.1, 0.15) is 47.3 Å². The zero-order valence-corrected chi connectivity index (χ0v) is 17.3. The molecule has 1 N–H and O–H groups in total. The summed E-state index contributed by atoms with van der Waals surface area (Å²) in [4.78, 5) is 12.8. The molecule has 28 heavy (non-hydrogen) atoms. The zero-order valence-electron chi connectivity index (χ0n) is 16.4. The Morgan fingerprint density at radius 3 is 2.54 bits per heavy atom. The van der Waals surface area contributed by atoms with Crippen molar-refractivity contribution < 1.29 is 17.9 Å². The second kappa shape index (κ2) is 8.22. The molecular weight excluding hydrogens is 376 g/mol. The Hall–Kier alpha value is -2.54. The van der Waals surface area contributed by atoms with E-state index in [2.05, 4.69) is 5.32 Å². The largest absolute Gasteiger partial charge is 0.497 e. The number of nitrogens with one attached hydrogen (secondary N) is 1. The average molecular weight is 403 g/mol. The Kier molecular flexibility index (Phi) is 5.93. The van der Waals surface area contributed by atoms with E-state index in [0.717, 1.165) is 36.1 Å². The van der Waals surface area contributed by atoms with E-state index in [1.54, 1.807) is 19.2 Å². The van der Waals surface area contributed by atoms with Crippen LogP contribution in [0, 0.1) is 0 Å². The van der Waals surface area contributed by atoms with Crippen LogP contribution < -0.4 is 14.4 Å². The second-order valence-electron chi connectivity index (χ2n) is 6.99. The van der Waals surface area contributed by atoms with Crippen molar-refractivity contribution in [1.82, 2.24) is 5.32 Å². The number of carbonyl (C=O) groups is 1. The lowest BCUT2D eigenvalue weighted by molar-refractivity contribution is 0.0935. The fourth-order valence-corrected chi connectivity index (χ4v) is 4.54. The molecule has 0 bridgehead atoms. The van der Waals surface area contributed by atoms with Crippen LogP contribution in [0.25, 0.3) is 0 Å². The molecule has 2 aromatic carbocycles. The number of hydrogen-bond acceptors (Lipinski definition) is 4. The lowest BCUT2D eigenvalue weighted by atomic mass is 9.99. The third kappa shape index (κ3) is 4.30. The van der Waals surface area contributed by atoms with Crippen LogP contribution in [0.3, 0.4) is 0 Å². The number of fused-ring (bicyclic) bond motifs is 1. The molecule has 3 rings (SSSR count). The van der Waals surface area contributed by atoms with Gasteiger partial charge in [0.05, 0.1) is 25.1 Å². The molecule has 0 radical (unpaired) electrons. The highest BCUT2D eigenvalue weighted by molar-refractivity contribution is 7.92. The molecule has 0 saturated heterocycles. The summed E-state index contributed by atoms with van der Waals surface area (Å²) in [5, 5.41) is 3.07. The zero-order chi connectivity index (χ0) is 20.3. The van der Waals surface area contributed by atoms with Gasteiger partial charge in [-0.2, -0.15) is 0 Å². The monoisotopic (exact) mass is 402 g/mol. The summed E-state index contributed by atoms with van der Waals surface area (Å²) in [6.45, 7) is 2.50. The van der Waals surface area contributed by atoms with Crippen LogP contribution in [0.2, 0.25) is 0 Å². The van der Waals surface area contributed by atoms with Gasteiger partial charge < -0.3 is 10.1 Å². The molecule has 0 fully saturated rings. The van der Waals surface area contributed by atoms with Crippen molar-refractivity contribution in [3.8, 4) is 5.75 Å². The number of ether oxygens (including phenoxy) is 1. The van der Waals surface area contributed by atoms with Crippen molar-refractivity contribution in [1.29, 1.82) is 0 Å². The van der Waals surface area contributed by atoms with Gasteiger partial charge in [-0.1, -0.05) is 19.1 Å². The first-order chi connectivity index (χ1) is 13.3. The Balaban J connectivity index is 1.80. The first kappa shape index (κ1) is 20.2. The Morgan fingerprint density at radius 1 is 1.21 bits per heavy atom. The molecule has 1 amide bonds. The summed E-state index contributed by atoms with van der Waals surface area (Å²) < 4.78 is 30.6. The van der Waals surface area contributed by atoms with Crippen LogP contribution in [-0.2, 0) is 16.4 Å². The van der Waals surface area contributed by atoms with Gasteiger partial charge in [0.25, 0.3) is 5.91 Å². The van der Waals surface area contributed by atoms with Crippen LogP contribution in [0.5, 0.6) is 5.75 Å². The topological polar surface area (TPSA) is 75.7 Å². The van der Waals surface area contributed by atoms with Gasteiger partial charge >= 0.3 is 0 Å². The highest BCUT2D eigenvalue weighted by Gasteiger charge is 2.25. The number of methoxy groups -OCH3 is 1. The third-order valence-corrected chi connectivity index (χ3v) is 6.23. The van der Waals surface area contributed by atoms with Gasteiger partial charge in [0, 0.05) is 12.1 Å². The van der Waals surface area contributed by atoms with Crippen molar-refractivity contribution in [2.24, 2.45) is 0 Å². The summed E-state index contributed by atoms with van der Waals surface area (Å²) in [7, 11) is -1.69. The standard InChI is InChI=1S/C21H26N2O4S/c1-4-19(15-7-10-18(27-2)11-8-15)22-21(24)17-9-12-20-16(14-17)6-5-13-23(20)28(3,25)26/h7-12,14,19H,4-6,13H2,1-3H3,(H,22,24). The van der Waals surface area contributed by atoms with E-state index in [0.29, 0.717) is 17.8 Å². The highest BCUT2D eigenvalue weighted by atomic mass is 32.2. The quantitative estimate of drug-likeness (QED) is 0.804. The second-order valence-corrected chi connectivity index (χ2v) is 8.90. The van der Waals surface area contributed by atoms with E-state index < -0.39 is 10.0 Å². The van der Waals surface area contributed by atoms with Gasteiger partial charge in [-0.3, -0.25) is 9.10 Å². The summed E-state index contributed by atoms with van der Waals surface area (Å²) in [5.74, 6) is 0.608. The summed E-state index contributed by atoms with van der Waals surface area (Å²) in [5.41, 5.74) is 3.12. The van der Waals surface area contributed by atoms with E-state index in [9.17, 15) is 13.2 Å². The molecule has 1 aliphatic rings. The van der Waals surface area contributed by atoms with Gasteiger partial charge in [-0.25, -0.2) is 8.42 Å². The molecule has 0 saturated carbocycles. The van der Waals surface area contributed by atoms with Crippen LogP contribution in [0.15, 0.2) is 42.5 Å². The molecule has 7 heteroatoms. The van der Waals surface area contributed by atoms with Crippen molar-refractivity contribution in [2.45, 2.75) is 32.2 Å². The molecule has 2 aromatic rings. The lowest BCUT2D eigenvalue weighted by Crippen LogP contribution is -2.35. The minimum Gasteiger partial charge on any atom is -0.497 e. The SMILES string of the molecule is CCC(NC(=O)c1ccc2c(c1)CCCN2S(C)(=O)=O)c1ccc(OC)cc1. The summed E-state index contributed by atoms with van der Waals surface area (Å²) in [6, 6.07) is 12.8. The number of anilines is 1. The van der Waals surface area contributed by atoms with Crippen molar-refractivity contribution in [2.75, 3.05) is 24.2 Å². The van der Waals surface area contributed by atoms with Crippen LogP contribution >= 0.6 is 0 Å². The predicted octanol–water partition coefficient (Wildman–Crippen LogP) is 3.29. The van der Waals surface area contributed by atoms with Crippen molar-refractivity contribution >= 4 is 21.6 Å². The molecule has 0 aliphatic carbocycles. The maximum atomic E-state index is 12.8. The minimum absolute atomic E-state index is 0.109. The molecular formula is C21H26N2O4S. The number of rotatable bonds is 6. The molecule has 150 valence electrons. The minimum atomic E-state index is -3.31.